The summed E-state index contributed by atoms with van der Waals surface area (Å²) in [7, 11) is 1.54. The van der Waals surface area contributed by atoms with Crippen LogP contribution in [0.15, 0.2) is 38.3 Å². The average molecular weight is 220 g/mol. The second-order valence-corrected chi connectivity index (χ2v) is 2.98. The molecule has 0 aliphatic carbocycles. The van der Waals surface area contributed by atoms with E-state index in [0.29, 0.717) is 11.3 Å². The van der Waals surface area contributed by atoms with Gasteiger partial charge in [-0.05, 0) is 24.3 Å². The Morgan fingerprint density at radius 2 is 1.94 bits per heavy atom. The Morgan fingerprint density at radius 1 is 1.25 bits per heavy atom. The zero-order valence-electron chi connectivity index (χ0n) is 8.39. The third kappa shape index (κ3) is 1.85. The van der Waals surface area contributed by atoms with Crippen molar-refractivity contribution >= 4 is 0 Å². The Kier molecular flexibility index (Phi) is 2.55. The molecule has 0 amide bonds. The summed E-state index contributed by atoms with van der Waals surface area (Å²) in [6.45, 7) is 0. The normalized spacial score (nSPS) is 10.1. The lowest BCUT2D eigenvalue weighted by Gasteiger charge is -2.00. The van der Waals surface area contributed by atoms with E-state index >= 15 is 0 Å². The summed E-state index contributed by atoms with van der Waals surface area (Å²) in [6.07, 6.45) is 0. The number of nitrogens with zero attached hydrogens (tertiary/aromatic N) is 1. The number of H-pyrrole nitrogens is 1. The van der Waals surface area contributed by atoms with Crippen LogP contribution in [0.1, 0.15) is 0 Å². The number of hydrogen-bond donors (Lipinski definition) is 1. The first kappa shape index (κ1) is 10.2. The maximum atomic E-state index is 11.3. The SMILES string of the molecule is COc1ccc(-c2n[nH]c(=O)oc2=O)cc1. The van der Waals surface area contributed by atoms with Gasteiger partial charge in [-0.1, -0.05) is 0 Å². The molecule has 0 aliphatic heterocycles. The van der Waals surface area contributed by atoms with Gasteiger partial charge in [-0.3, -0.25) is 0 Å². The van der Waals surface area contributed by atoms with Gasteiger partial charge in [-0.15, -0.1) is 0 Å². The van der Waals surface area contributed by atoms with Crippen LogP contribution < -0.4 is 16.1 Å². The third-order valence-electron chi connectivity index (χ3n) is 2.00. The van der Waals surface area contributed by atoms with Crippen molar-refractivity contribution < 1.29 is 9.15 Å². The zero-order valence-corrected chi connectivity index (χ0v) is 8.39. The number of aromatic amines is 1. The molecule has 0 unspecified atom stereocenters. The molecule has 1 heterocycles. The fourth-order valence-electron chi connectivity index (χ4n) is 1.23. The molecule has 0 fully saturated rings. The fourth-order valence-corrected chi connectivity index (χ4v) is 1.23. The Hall–Kier alpha value is -2.37. The van der Waals surface area contributed by atoms with E-state index in [1.165, 1.54) is 0 Å². The molecule has 6 nitrogen and oxygen atoms in total. The summed E-state index contributed by atoms with van der Waals surface area (Å²) < 4.78 is 9.33. The van der Waals surface area contributed by atoms with E-state index in [1.54, 1.807) is 31.4 Å². The average Bonchev–Trinajstić information content (AvgIpc) is 2.29. The molecule has 0 saturated carbocycles. The van der Waals surface area contributed by atoms with Gasteiger partial charge in [0.15, 0.2) is 5.69 Å². The van der Waals surface area contributed by atoms with Gasteiger partial charge in [0.1, 0.15) is 5.75 Å². The minimum atomic E-state index is -0.873. The number of aromatic nitrogens is 2. The van der Waals surface area contributed by atoms with Crippen LogP contribution in [0.2, 0.25) is 0 Å². The van der Waals surface area contributed by atoms with Gasteiger partial charge < -0.3 is 9.15 Å². The summed E-state index contributed by atoms with van der Waals surface area (Å²) in [6, 6.07) is 6.66. The number of nitrogens with one attached hydrogen (secondary N) is 1. The minimum absolute atomic E-state index is 0.0576. The lowest BCUT2D eigenvalue weighted by molar-refractivity contribution is 0.414. The maximum Gasteiger partial charge on any atom is 0.435 e. The number of rotatable bonds is 2. The van der Waals surface area contributed by atoms with Crippen molar-refractivity contribution in [2.24, 2.45) is 0 Å². The van der Waals surface area contributed by atoms with Crippen LogP contribution >= 0.6 is 0 Å². The molecule has 0 saturated heterocycles. The number of ether oxygens (including phenoxy) is 1. The molecule has 0 aliphatic rings. The van der Waals surface area contributed by atoms with Crippen molar-refractivity contribution in [3.63, 3.8) is 0 Å². The molecule has 1 N–H and O–H groups in total. The predicted octanol–water partition coefficient (Wildman–Crippen LogP) is 0.399. The van der Waals surface area contributed by atoms with E-state index in [-0.39, 0.29) is 5.69 Å². The molecule has 2 rings (SSSR count). The summed E-state index contributed by atoms with van der Waals surface area (Å²) in [4.78, 5) is 22.0. The third-order valence-corrected chi connectivity index (χ3v) is 2.00. The standard InChI is InChI=1S/C10H8N2O4/c1-15-7-4-2-6(3-5-7)8-9(13)16-10(14)12-11-8/h2-5H,1H3,(H,12,14). The van der Waals surface area contributed by atoms with Crippen molar-refractivity contribution in [3.05, 3.63) is 45.2 Å². The molecular formula is C10H8N2O4. The lowest BCUT2D eigenvalue weighted by atomic mass is 10.1. The molecule has 16 heavy (non-hydrogen) atoms. The van der Waals surface area contributed by atoms with Gasteiger partial charge >= 0.3 is 11.4 Å². The first-order valence-electron chi connectivity index (χ1n) is 4.45. The Labute approximate surface area is 89.5 Å². The lowest BCUT2D eigenvalue weighted by Crippen LogP contribution is -2.18. The van der Waals surface area contributed by atoms with Crippen molar-refractivity contribution in [3.8, 4) is 17.0 Å². The van der Waals surface area contributed by atoms with Crippen LogP contribution in [0, 0.1) is 0 Å². The Morgan fingerprint density at radius 3 is 2.50 bits per heavy atom. The zero-order chi connectivity index (χ0) is 11.5. The first-order valence-corrected chi connectivity index (χ1v) is 4.45. The monoisotopic (exact) mass is 220 g/mol. The Balaban J connectivity index is 2.50. The predicted molar refractivity (Wildman–Crippen MR) is 55.4 cm³/mol. The highest BCUT2D eigenvalue weighted by molar-refractivity contribution is 5.57. The second-order valence-electron chi connectivity index (χ2n) is 2.98. The van der Waals surface area contributed by atoms with Crippen molar-refractivity contribution in [2.75, 3.05) is 7.11 Å². The van der Waals surface area contributed by atoms with Crippen LogP contribution in [0.25, 0.3) is 11.3 Å². The highest BCUT2D eigenvalue weighted by Gasteiger charge is 2.07. The van der Waals surface area contributed by atoms with E-state index in [9.17, 15) is 9.59 Å². The second kappa shape index (κ2) is 4.01. The van der Waals surface area contributed by atoms with Gasteiger partial charge in [-0.25, -0.2) is 14.7 Å². The number of benzene rings is 1. The van der Waals surface area contributed by atoms with Crippen LogP contribution in [-0.4, -0.2) is 17.3 Å². The van der Waals surface area contributed by atoms with Crippen molar-refractivity contribution in [1.82, 2.24) is 10.2 Å². The molecular weight excluding hydrogens is 212 g/mol. The fraction of sp³-hybridized carbons (Fsp3) is 0.100. The van der Waals surface area contributed by atoms with Gasteiger partial charge in [0.05, 0.1) is 7.11 Å². The smallest absolute Gasteiger partial charge is 0.435 e. The number of hydrogen-bond acceptors (Lipinski definition) is 5. The highest BCUT2D eigenvalue weighted by Crippen LogP contribution is 2.16. The summed E-state index contributed by atoms with van der Waals surface area (Å²) in [5, 5.41) is 5.68. The molecule has 0 atom stereocenters. The van der Waals surface area contributed by atoms with Crippen LogP contribution in [-0.2, 0) is 0 Å². The Bertz CT molecular complexity index is 597. The quantitative estimate of drug-likeness (QED) is 0.791. The van der Waals surface area contributed by atoms with Crippen LogP contribution in [0.5, 0.6) is 5.75 Å². The van der Waals surface area contributed by atoms with Gasteiger partial charge in [-0.2, -0.15) is 5.10 Å². The van der Waals surface area contributed by atoms with Gasteiger partial charge in [0.25, 0.3) is 0 Å². The summed E-state index contributed by atoms with van der Waals surface area (Å²) in [5.41, 5.74) is -0.165. The molecule has 6 heteroatoms. The maximum absolute atomic E-state index is 11.3. The molecule has 1 aromatic carbocycles. The van der Waals surface area contributed by atoms with Crippen LogP contribution in [0.3, 0.4) is 0 Å². The largest absolute Gasteiger partial charge is 0.497 e. The van der Waals surface area contributed by atoms with Gasteiger partial charge in [0.2, 0.25) is 0 Å². The molecule has 0 spiro atoms. The topological polar surface area (TPSA) is 85.2 Å². The van der Waals surface area contributed by atoms with Gasteiger partial charge in [0, 0.05) is 5.56 Å². The molecule has 1 aromatic heterocycles. The van der Waals surface area contributed by atoms with E-state index in [1.807, 2.05) is 0 Å². The minimum Gasteiger partial charge on any atom is -0.497 e. The van der Waals surface area contributed by atoms with E-state index in [4.69, 9.17) is 4.74 Å². The molecule has 0 radical (unpaired) electrons. The summed E-state index contributed by atoms with van der Waals surface area (Å²) in [5.74, 6) is -0.208. The number of methoxy groups -OCH3 is 1. The highest BCUT2D eigenvalue weighted by atomic mass is 16.5. The summed E-state index contributed by atoms with van der Waals surface area (Å²) >= 11 is 0. The molecule has 0 bridgehead atoms. The van der Waals surface area contributed by atoms with Crippen molar-refractivity contribution in [2.45, 2.75) is 0 Å². The van der Waals surface area contributed by atoms with Crippen LogP contribution in [0.4, 0.5) is 0 Å². The van der Waals surface area contributed by atoms with E-state index in [0.717, 1.165) is 0 Å². The molecule has 82 valence electrons. The first-order chi connectivity index (χ1) is 7.70. The molecule has 2 aromatic rings. The van der Waals surface area contributed by atoms with E-state index < -0.39 is 11.4 Å². The van der Waals surface area contributed by atoms with E-state index in [2.05, 4.69) is 14.6 Å². The van der Waals surface area contributed by atoms with Crippen molar-refractivity contribution in [1.29, 1.82) is 0 Å².